The monoisotopic (exact) mass is 360 g/mol. The highest BCUT2D eigenvalue weighted by atomic mass is 16.5. The van der Waals surface area contributed by atoms with E-state index in [0.717, 1.165) is 37.3 Å². The Morgan fingerprint density at radius 2 is 1.77 bits per heavy atom. The van der Waals surface area contributed by atoms with Gasteiger partial charge in [0.15, 0.2) is 0 Å². The molecule has 0 heterocycles. The van der Waals surface area contributed by atoms with E-state index >= 15 is 0 Å². The minimum atomic E-state index is 0.171. The molecule has 1 aromatic rings. The van der Waals surface area contributed by atoms with Crippen LogP contribution in [0, 0.1) is 0 Å². The maximum absolute atomic E-state index is 12.4. The number of hydrogen-bond donors (Lipinski definition) is 1. The number of likely N-dealkylation sites (N-methyl/N-ethyl adjacent to an activating group) is 1. The van der Waals surface area contributed by atoms with Crippen LogP contribution >= 0.6 is 0 Å². The summed E-state index contributed by atoms with van der Waals surface area (Å²) in [5.74, 6) is 1.07. The van der Waals surface area contributed by atoms with E-state index in [9.17, 15) is 4.79 Å². The molecule has 4 heteroatoms. The van der Waals surface area contributed by atoms with E-state index in [-0.39, 0.29) is 5.91 Å². The van der Waals surface area contributed by atoms with Crippen LogP contribution in [0.3, 0.4) is 0 Å². The maximum Gasteiger partial charge on any atom is 0.241 e. The molecule has 1 aromatic carbocycles. The fourth-order valence-corrected chi connectivity index (χ4v) is 3.54. The molecule has 0 aromatic heterocycles. The molecule has 0 aliphatic heterocycles. The van der Waals surface area contributed by atoms with Gasteiger partial charge >= 0.3 is 0 Å². The number of ether oxygens (including phenoxy) is 1. The van der Waals surface area contributed by atoms with Crippen molar-refractivity contribution in [3.05, 3.63) is 24.3 Å². The van der Waals surface area contributed by atoms with E-state index in [4.69, 9.17) is 4.74 Å². The molecule has 1 aliphatic rings. The lowest BCUT2D eigenvalue weighted by molar-refractivity contribution is -0.130. The molecule has 2 rings (SSSR count). The van der Waals surface area contributed by atoms with Crippen molar-refractivity contribution in [1.82, 2.24) is 4.90 Å². The Balaban J connectivity index is 1.65. The number of amides is 1. The molecule has 0 spiro atoms. The predicted molar refractivity (Wildman–Crippen MR) is 109 cm³/mol. The highest BCUT2D eigenvalue weighted by molar-refractivity contribution is 5.81. The fraction of sp³-hybridized carbons (Fsp3) is 0.682. The molecule has 0 saturated heterocycles. The predicted octanol–water partition coefficient (Wildman–Crippen LogP) is 5.24. The van der Waals surface area contributed by atoms with E-state index in [2.05, 4.69) is 12.2 Å². The first-order valence-corrected chi connectivity index (χ1v) is 10.4. The quantitative estimate of drug-likeness (QED) is 0.549. The van der Waals surface area contributed by atoms with Gasteiger partial charge in [0, 0.05) is 18.8 Å². The number of unbranched alkanes of at least 4 members (excludes halogenated alkanes) is 4. The Labute approximate surface area is 159 Å². The summed E-state index contributed by atoms with van der Waals surface area (Å²) in [7, 11) is 1.94. The van der Waals surface area contributed by atoms with Crippen molar-refractivity contribution in [3.63, 3.8) is 0 Å². The van der Waals surface area contributed by atoms with Crippen LogP contribution in [0.25, 0.3) is 0 Å². The molecule has 1 fully saturated rings. The molecule has 1 N–H and O–H groups in total. The minimum absolute atomic E-state index is 0.171. The van der Waals surface area contributed by atoms with Gasteiger partial charge in [-0.3, -0.25) is 4.79 Å². The van der Waals surface area contributed by atoms with Crippen molar-refractivity contribution in [2.75, 3.05) is 25.5 Å². The molecule has 0 radical (unpaired) electrons. The van der Waals surface area contributed by atoms with E-state index in [1.807, 2.05) is 36.2 Å². The van der Waals surface area contributed by atoms with E-state index in [0.29, 0.717) is 12.6 Å². The van der Waals surface area contributed by atoms with Crippen LogP contribution in [0.2, 0.25) is 0 Å². The summed E-state index contributed by atoms with van der Waals surface area (Å²) in [6.07, 6.45) is 12.3. The lowest BCUT2D eigenvalue weighted by Gasteiger charge is -2.31. The molecule has 0 unspecified atom stereocenters. The van der Waals surface area contributed by atoms with E-state index in [1.54, 1.807) is 0 Å². The first-order chi connectivity index (χ1) is 12.7. The third-order valence-electron chi connectivity index (χ3n) is 5.33. The number of hydrogen-bond acceptors (Lipinski definition) is 3. The Kier molecular flexibility index (Phi) is 9.36. The molecule has 26 heavy (non-hydrogen) atoms. The summed E-state index contributed by atoms with van der Waals surface area (Å²) in [6.45, 7) is 3.36. The SMILES string of the molecule is CCCCCCCOc1ccc(NCC(=O)N(C)C2CCCCC2)cc1. The van der Waals surface area contributed by atoms with Gasteiger partial charge in [0.2, 0.25) is 5.91 Å². The molecule has 146 valence electrons. The lowest BCUT2D eigenvalue weighted by Crippen LogP contribution is -2.41. The number of nitrogens with one attached hydrogen (secondary N) is 1. The van der Waals surface area contributed by atoms with E-state index < -0.39 is 0 Å². The van der Waals surface area contributed by atoms with Crippen LogP contribution in [0.4, 0.5) is 5.69 Å². The van der Waals surface area contributed by atoms with Crippen molar-refractivity contribution >= 4 is 11.6 Å². The van der Waals surface area contributed by atoms with E-state index in [1.165, 1.54) is 44.9 Å². The Morgan fingerprint density at radius 3 is 2.46 bits per heavy atom. The summed E-state index contributed by atoms with van der Waals surface area (Å²) in [5, 5.41) is 3.24. The first kappa shape index (κ1) is 20.6. The second-order valence-electron chi connectivity index (χ2n) is 7.44. The fourth-order valence-electron chi connectivity index (χ4n) is 3.54. The second-order valence-corrected chi connectivity index (χ2v) is 7.44. The number of rotatable bonds is 11. The smallest absolute Gasteiger partial charge is 0.241 e. The summed E-state index contributed by atoms with van der Waals surface area (Å²) in [5.41, 5.74) is 0.964. The molecule has 4 nitrogen and oxygen atoms in total. The van der Waals surface area contributed by atoms with Gasteiger partial charge in [-0.1, -0.05) is 51.9 Å². The topological polar surface area (TPSA) is 41.6 Å². The van der Waals surface area contributed by atoms with Gasteiger partial charge in [-0.25, -0.2) is 0 Å². The zero-order valence-electron chi connectivity index (χ0n) is 16.6. The molecule has 1 amide bonds. The number of nitrogens with zero attached hydrogens (tertiary/aromatic N) is 1. The average Bonchev–Trinajstić information content (AvgIpc) is 2.69. The van der Waals surface area contributed by atoms with Crippen molar-refractivity contribution in [2.45, 2.75) is 77.2 Å². The van der Waals surface area contributed by atoms with Gasteiger partial charge < -0.3 is 15.0 Å². The van der Waals surface area contributed by atoms with Gasteiger partial charge in [0.05, 0.1) is 13.2 Å². The normalized spacial score (nSPS) is 14.8. The highest BCUT2D eigenvalue weighted by Crippen LogP contribution is 2.22. The molecular formula is C22H36N2O2. The zero-order valence-corrected chi connectivity index (χ0v) is 16.6. The summed E-state index contributed by atoms with van der Waals surface area (Å²) in [4.78, 5) is 14.3. The highest BCUT2D eigenvalue weighted by Gasteiger charge is 2.21. The van der Waals surface area contributed by atoms with Crippen molar-refractivity contribution in [3.8, 4) is 5.75 Å². The van der Waals surface area contributed by atoms with Gasteiger partial charge in [0.25, 0.3) is 0 Å². The lowest BCUT2D eigenvalue weighted by atomic mass is 9.94. The zero-order chi connectivity index (χ0) is 18.6. The van der Waals surface area contributed by atoms with Crippen LogP contribution in [-0.2, 0) is 4.79 Å². The Bertz CT molecular complexity index is 509. The molecule has 1 saturated carbocycles. The molecule has 0 atom stereocenters. The third-order valence-corrected chi connectivity index (χ3v) is 5.33. The number of anilines is 1. The van der Waals surface area contributed by atoms with Crippen LogP contribution in [0.5, 0.6) is 5.75 Å². The van der Waals surface area contributed by atoms with Crippen molar-refractivity contribution in [1.29, 1.82) is 0 Å². The van der Waals surface area contributed by atoms with Crippen molar-refractivity contribution in [2.24, 2.45) is 0 Å². The standard InChI is InChI=1S/C22H36N2O2/c1-3-4-5-6-10-17-26-21-15-13-19(14-16-21)23-18-22(25)24(2)20-11-8-7-9-12-20/h13-16,20,23H,3-12,17-18H2,1-2H3. The summed E-state index contributed by atoms with van der Waals surface area (Å²) in [6, 6.07) is 8.35. The second kappa shape index (κ2) is 11.8. The summed E-state index contributed by atoms with van der Waals surface area (Å²) >= 11 is 0. The van der Waals surface area contributed by atoms with Crippen molar-refractivity contribution < 1.29 is 9.53 Å². The number of benzene rings is 1. The molecule has 0 bridgehead atoms. The minimum Gasteiger partial charge on any atom is -0.494 e. The molecular weight excluding hydrogens is 324 g/mol. The van der Waals surface area contributed by atoms with Gasteiger partial charge in [0.1, 0.15) is 5.75 Å². The van der Waals surface area contributed by atoms with Gasteiger partial charge in [-0.05, 0) is 43.5 Å². The largest absolute Gasteiger partial charge is 0.494 e. The molecule has 1 aliphatic carbocycles. The Morgan fingerprint density at radius 1 is 1.08 bits per heavy atom. The van der Waals surface area contributed by atoms with Crippen LogP contribution in [0.15, 0.2) is 24.3 Å². The Hall–Kier alpha value is -1.71. The number of carbonyl (C=O) groups is 1. The maximum atomic E-state index is 12.4. The van der Waals surface area contributed by atoms with Gasteiger partial charge in [-0.15, -0.1) is 0 Å². The van der Waals surface area contributed by atoms with Crippen LogP contribution in [0.1, 0.15) is 71.1 Å². The van der Waals surface area contributed by atoms with Crippen LogP contribution < -0.4 is 10.1 Å². The average molecular weight is 361 g/mol. The van der Waals surface area contributed by atoms with Crippen LogP contribution in [-0.4, -0.2) is 37.0 Å². The third kappa shape index (κ3) is 7.27. The first-order valence-electron chi connectivity index (χ1n) is 10.4. The summed E-state index contributed by atoms with van der Waals surface area (Å²) < 4.78 is 5.78. The number of carbonyl (C=O) groups excluding carboxylic acids is 1. The van der Waals surface area contributed by atoms with Gasteiger partial charge in [-0.2, -0.15) is 0 Å².